The highest BCUT2D eigenvalue weighted by Crippen LogP contribution is 2.43. The number of nitro groups is 1. The molecular formula is C8H9N3O2. The Morgan fingerprint density at radius 3 is 2.77 bits per heavy atom. The third kappa shape index (κ3) is 1.44. The van der Waals surface area contributed by atoms with Crippen molar-refractivity contribution in [1.82, 2.24) is 4.98 Å². The maximum absolute atomic E-state index is 10.6. The molecule has 2 N–H and O–H groups in total. The largest absolute Gasteiger partial charge is 0.384 e. The molecule has 0 bridgehead atoms. The highest BCUT2D eigenvalue weighted by Gasteiger charge is 2.32. The smallest absolute Gasteiger partial charge is 0.291 e. The van der Waals surface area contributed by atoms with Crippen molar-refractivity contribution < 1.29 is 4.92 Å². The molecule has 1 saturated carbocycles. The molecule has 0 radical (unpaired) electrons. The SMILES string of the molecule is Nc1ccc([N+](=O)[O-])c(C2CC2)n1. The van der Waals surface area contributed by atoms with Gasteiger partial charge in [0.05, 0.1) is 4.92 Å². The van der Waals surface area contributed by atoms with Gasteiger partial charge in [0, 0.05) is 12.0 Å². The van der Waals surface area contributed by atoms with Crippen LogP contribution in [0.25, 0.3) is 0 Å². The molecule has 0 unspecified atom stereocenters. The molecular weight excluding hydrogens is 170 g/mol. The van der Waals surface area contributed by atoms with E-state index in [1.54, 1.807) is 0 Å². The van der Waals surface area contributed by atoms with Gasteiger partial charge in [-0.15, -0.1) is 0 Å². The number of aromatic nitrogens is 1. The number of nitrogen functional groups attached to an aromatic ring is 1. The molecule has 5 nitrogen and oxygen atoms in total. The van der Waals surface area contributed by atoms with E-state index in [1.165, 1.54) is 12.1 Å². The fourth-order valence-corrected chi connectivity index (χ4v) is 1.29. The maximum atomic E-state index is 10.6. The third-order valence-corrected chi connectivity index (χ3v) is 2.08. The van der Waals surface area contributed by atoms with Crippen molar-refractivity contribution in [3.63, 3.8) is 0 Å². The first kappa shape index (κ1) is 7.97. The monoisotopic (exact) mass is 179 g/mol. The van der Waals surface area contributed by atoms with Crippen LogP contribution < -0.4 is 5.73 Å². The number of rotatable bonds is 2. The summed E-state index contributed by atoms with van der Waals surface area (Å²) in [7, 11) is 0. The van der Waals surface area contributed by atoms with Crippen molar-refractivity contribution in [3.8, 4) is 0 Å². The van der Waals surface area contributed by atoms with E-state index in [-0.39, 0.29) is 11.6 Å². The van der Waals surface area contributed by atoms with E-state index in [1.807, 2.05) is 0 Å². The first-order valence-corrected chi connectivity index (χ1v) is 4.09. The van der Waals surface area contributed by atoms with Crippen molar-refractivity contribution in [3.05, 3.63) is 27.9 Å². The Hall–Kier alpha value is -1.65. The van der Waals surface area contributed by atoms with Gasteiger partial charge in [-0.2, -0.15) is 0 Å². The van der Waals surface area contributed by atoms with Crippen LogP contribution in [0.4, 0.5) is 11.5 Å². The Balaban J connectivity index is 2.47. The van der Waals surface area contributed by atoms with Crippen molar-refractivity contribution >= 4 is 11.5 Å². The van der Waals surface area contributed by atoms with Crippen LogP contribution in [-0.2, 0) is 0 Å². The average molecular weight is 179 g/mol. The first-order chi connectivity index (χ1) is 6.18. The van der Waals surface area contributed by atoms with E-state index in [2.05, 4.69) is 4.98 Å². The van der Waals surface area contributed by atoms with Crippen LogP contribution in [0, 0.1) is 10.1 Å². The van der Waals surface area contributed by atoms with E-state index < -0.39 is 4.92 Å². The standard InChI is InChI=1S/C8H9N3O2/c9-7-4-3-6(11(12)13)8(10-7)5-1-2-5/h3-5H,1-2H2,(H2,9,10). The summed E-state index contributed by atoms with van der Waals surface area (Å²) >= 11 is 0. The Labute approximate surface area is 74.7 Å². The van der Waals surface area contributed by atoms with E-state index in [0.717, 1.165) is 12.8 Å². The van der Waals surface area contributed by atoms with Crippen molar-refractivity contribution in [1.29, 1.82) is 0 Å². The zero-order valence-electron chi connectivity index (χ0n) is 6.93. The maximum Gasteiger partial charge on any atom is 0.291 e. The minimum atomic E-state index is -0.403. The lowest BCUT2D eigenvalue weighted by Crippen LogP contribution is -2.00. The molecule has 2 rings (SSSR count). The van der Waals surface area contributed by atoms with Crippen molar-refractivity contribution in [2.24, 2.45) is 0 Å². The predicted octanol–water partition coefficient (Wildman–Crippen LogP) is 1.45. The molecule has 1 aliphatic carbocycles. The van der Waals surface area contributed by atoms with Crippen molar-refractivity contribution in [2.75, 3.05) is 5.73 Å². The van der Waals surface area contributed by atoms with E-state index in [9.17, 15) is 10.1 Å². The molecule has 1 aliphatic rings. The normalized spacial score (nSPS) is 15.7. The Morgan fingerprint density at radius 1 is 1.54 bits per heavy atom. The van der Waals surface area contributed by atoms with Crippen LogP contribution in [0.15, 0.2) is 12.1 Å². The number of hydrogen-bond donors (Lipinski definition) is 1. The lowest BCUT2D eigenvalue weighted by atomic mass is 10.2. The number of anilines is 1. The van der Waals surface area contributed by atoms with Gasteiger partial charge in [0.25, 0.3) is 5.69 Å². The molecule has 0 saturated heterocycles. The number of nitrogens with zero attached hydrogens (tertiary/aromatic N) is 2. The van der Waals surface area contributed by atoms with Gasteiger partial charge in [-0.25, -0.2) is 4.98 Å². The van der Waals surface area contributed by atoms with Gasteiger partial charge in [0.15, 0.2) is 0 Å². The summed E-state index contributed by atoms with van der Waals surface area (Å²) < 4.78 is 0. The van der Waals surface area contributed by atoms with Crippen LogP contribution in [0.1, 0.15) is 24.5 Å². The Bertz CT molecular complexity index is 360. The highest BCUT2D eigenvalue weighted by molar-refractivity contribution is 5.45. The molecule has 1 aromatic heterocycles. The van der Waals surface area contributed by atoms with Gasteiger partial charge in [0.2, 0.25) is 0 Å². The molecule has 0 atom stereocenters. The summed E-state index contributed by atoms with van der Waals surface area (Å²) in [6, 6.07) is 2.89. The van der Waals surface area contributed by atoms with Crippen LogP contribution in [0.2, 0.25) is 0 Å². The number of nitrogens with two attached hydrogens (primary N) is 1. The van der Waals surface area contributed by atoms with Crippen molar-refractivity contribution in [2.45, 2.75) is 18.8 Å². The zero-order chi connectivity index (χ0) is 9.42. The molecule has 0 spiro atoms. The minimum Gasteiger partial charge on any atom is -0.384 e. The second-order valence-corrected chi connectivity index (χ2v) is 3.17. The molecule has 0 aliphatic heterocycles. The number of pyridine rings is 1. The fourth-order valence-electron chi connectivity index (χ4n) is 1.29. The second-order valence-electron chi connectivity index (χ2n) is 3.17. The van der Waals surface area contributed by atoms with Gasteiger partial charge in [-0.3, -0.25) is 10.1 Å². The van der Waals surface area contributed by atoms with E-state index in [0.29, 0.717) is 11.5 Å². The predicted molar refractivity (Wildman–Crippen MR) is 47.3 cm³/mol. The number of hydrogen-bond acceptors (Lipinski definition) is 4. The Morgan fingerprint density at radius 2 is 2.23 bits per heavy atom. The van der Waals surface area contributed by atoms with Gasteiger partial charge < -0.3 is 5.73 Å². The second kappa shape index (κ2) is 2.69. The lowest BCUT2D eigenvalue weighted by Gasteiger charge is -2.00. The third-order valence-electron chi connectivity index (χ3n) is 2.08. The quantitative estimate of drug-likeness (QED) is 0.550. The Kier molecular flexibility index (Phi) is 1.65. The highest BCUT2D eigenvalue weighted by atomic mass is 16.6. The van der Waals surface area contributed by atoms with Gasteiger partial charge in [-0.05, 0) is 18.9 Å². The summed E-state index contributed by atoms with van der Waals surface area (Å²) in [5.74, 6) is 0.608. The molecule has 5 heteroatoms. The molecule has 1 heterocycles. The summed E-state index contributed by atoms with van der Waals surface area (Å²) in [6.07, 6.45) is 1.97. The van der Waals surface area contributed by atoms with Gasteiger partial charge in [-0.1, -0.05) is 0 Å². The minimum absolute atomic E-state index is 0.0942. The first-order valence-electron chi connectivity index (χ1n) is 4.09. The topological polar surface area (TPSA) is 82.0 Å². The van der Waals surface area contributed by atoms with E-state index >= 15 is 0 Å². The van der Waals surface area contributed by atoms with Crippen LogP contribution >= 0.6 is 0 Å². The molecule has 13 heavy (non-hydrogen) atoms. The summed E-state index contributed by atoms with van der Waals surface area (Å²) in [6.45, 7) is 0. The summed E-state index contributed by atoms with van der Waals surface area (Å²) in [5, 5.41) is 10.6. The molecule has 1 fully saturated rings. The van der Waals surface area contributed by atoms with Crippen LogP contribution in [0.3, 0.4) is 0 Å². The molecule has 0 aromatic carbocycles. The fraction of sp³-hybridized carbons (Fsp3) is 0.375. The van der Waals surface area contributed by atoms with Gasteiger partial charge >= 0.3 is 0 Å². The summed E-state index contributed by atoms with van der Waals surface area (Å²) in [4.78, 5) is 14.2. The van der Waals surface area contributed by atoms with E-state index in [4.69, 9.17) is 5.73 Å². The molecule has 1 aromatic rings. The van der Waals surface area contributed by atoms with Crippen LogP contribution in [-0.4, -0.2) is 9.91 Å². The average Bonchev–Trinajstić information content (AvgIpc) is 2.85. The zero-order valence-corrected chi connectivity index (χ0v) is 6.93. The molecule has 0 amide bonds. The lowest BCUT2D eigenvalue weighted by molar-refractivity contribution is -0.385. The van der Waals surface area contributed by atoms with Gasteiger partial charge in [0.1, 0.15) is 11.5 Å². The van der Waals surface area contributed by atoms with Crippen LogP contribution in [0.5, 0.6) is 0 Å². The molecule has 68 valence electrons. The summed E-state index contributed by atoms with van der Waals surface area (Å²) in [5.41, 5.74) is 6.10.